The molecule has 0 rings (SSSR count). The van der Waals surface area contributed by atoms with Crippen LogP contribution < -0.4 is 29.6 Å². The van der Waals surface area contributed by atoms with E-state index in [1.54, 1.807) is 0 Å². The number of rotatable bonds is 7. The maximum atomic E-state index is 11.0. The quantitative estimate of drug-likeness (QED) is 0.340. The van der Waals surface area contributed by atoms with Gasteiger partial charge in [0.1, 0.15) is 6.61 Å². The predicted octanol–water partition coefficient (Wildman–Crippen LogP) is 0.462. The van der Waals surface area contributed by atoms with Crippen molar-refractivity contribution in [3.8, 4) is 0 Å². The molecule has 4 heteroatoms. The molecule has 1 unspecified atom stereocenters. The van der Waals surface area contributed by atoms with Gasteiger partial charge in [-0.1, -0.05) is 26.7 Å². The van der Waals surface area contributed by atoms with E-state index in [0.717, 1.165) is 31.8 Å². The average molecular weight is 201 g/mol. The fourth-order valence-electron chi connectivity index (χ4n) is 0.662. The van der Waals surface area contributed by atoms with Crippen molar-refractivity contribution in [2.75, 3.05) is 12.8 Å². The first kappa shape index (κ1) is 15.5. The first-order valence-corrected chi connectivity index (χ1v) is 5.75. The zero-order valence-corrected chi connectivity index (χ0v) is 11.4. The SMILES string of the molecule is CCCCO[P+](=O)CCCC.[H-].[Na+]. The molecule has 0 radical (unpaired) electrons. The summed E-state index contributed by atoms with van der Waals surface area (Å²) in [6.45, 7) is 4.85. The maximum absolute atomic E-state index is 11.0. The zero-order valence-electron chi connectivity index (χ0n) is 9.51. The summed E-state index contributed by atoms with van der Waals surface area (Å²) < 4.78 is 16.1. The van der Waals surface area contributed by atoms with E-state index in [9.17, 15) is 4.57 Å². The summed E-state index contributed by atoms with van der Waals surface area (Å²) in [6, 6.07) is 0. The second kappa shape index (κ2) is 12.1. The minimum atomic E-state index is -1.35. The van der Waals surface area contributed by atoms with Crippen molar-refractivity contribution in [1.29, 1.82) is 0 Å². The van der Waals surface area contributed by atoms with E-state index in [2.05, 4.69) is 13.8 Å². The smallest absolute Gasteiger partial charge is 1.00 e. The van der Waals surface area contributed by atoms with Gasteiger partial charge >= 0.3 is 37.6 Å². The van der Waals surface area contributed by atoms with Crippen molar-refractivity contribution in [1.82, 2.24) is 0 Å². The van der Waals surface area contributed by atoms with E-state index < -0.39 is 8.03 Å². The van der Waals surface area contributed by atoms with Crippen LogP contribution in [-0.4, -0.2) is 12.8 Å². The monoisotopic (exact) mass is 201 g/mol. The van der Waals surface area contributed by atoms with Gasteiger partial charge in [0, 0.05) is 0 Å². The molecule has 0 aromatic carbocycles. The Morgan fingerprint density at radius 2 is 1.83 bits per heavy atom. The third-order valence-corrected chi connectivity index (χ3v) is 2.58. The standard InChI is InChI=1S/C8H18O2P.Na.H/c1-3-5-7-10-11(9)8-6-4-2;;/h3-8H2,1-2H3;;/q2*+1;-1. The fourth-order valence-corrected chi connectivity index (χ4v) is 1.70. The van der Waals surface area contributed by atoms with Gasteiger partial charge in [-0.25, -0.2) is 0 Å². The molecule has 1 atom stereocenters. The van der Waals surface area contributed by atoms with Gasteiger partial charge in [0.05, 0.1) is 0 Å². The molecule has 0 spiro atoms. The Morgan fingerprint density at radius 3 is 2.33 bits per heavy atom. The first-order chi connectivity index (χ1) is 5.31. The van der Waals surface area contributed by atoms with Crippen LogP contribution in [0, 0.1) is 0 Å². The molecule has 68 valence electrons. The van der Waals surface area contributed by atoms with Gasteiger partial charge < -0.3 is 1.43 Å². The van der Waals surface area contributed by atoms with Gasteiger partial charge in [0.2, 0.25) is 0 Å². The van der Waals surface area contributed by atoms with E-state index in [1.165, 1.54) is 0 Å². The van der Waals surface area contributed by atoms with Crippen LogP contribution in [0.2, 0.25) is 0 Å². The second-order valence-corrected chi connectivity index (χ2v) is 3.97. The minimum absolute atomic E-state index is 0. The largest absolute Gasteiger partial charge is 1.00 e. The van der Waals surface area contributed by atoms with Gasteiger partial charge in [-0.2, -0.15) is 0 Å². The number of hydrogen-bond donors (Lipinski definition) is 0. The molecule has 0 saturated heterocycles. The Bertz CT molecular complexity index is 114. The summed E-state index contributed by atoms with van der Waals surface area (Å²) in [5, 5.41) is 0. The normalized spacial score (nSPS) is 10.7. The summed E-state index contributed by atoms with van der Waals surface area (Å²) in [5.74, 6) is 0. The molecule has 0 aromatic heterocycles. The van der Waals surface area contributed by atoms with Crippen LogP contribution in [0.5, 0.6) is 0 Å². The van der Waals surface area contributed by atoms with Crippen molar-refractivity contribution >= 4 is 8.03 Å². The Labute approximate surface area is 100 Å². The van der Waals surface area contributed by atoms with Crippen molar-refractivity contribution in [3.05, 3.63) is 0 Å². The summed E-state index contributed by atoms with van der Waals surface area (Å²) in [5.41, 5.74) is 0. The average Bonchev–Trinajstić information content (AvgIpc) is 2.01. The molecule has 2 nitrogen and oxygen atoms in total. The van der Waals surface area contributed by atoms with E-state index in [1.807, 2.05) is 0 Å². The van der Waals surface area contributed by atoms with Gasteiger partial charge in [-0.05, 0) is 17.4 Å². The number of hydrogen-bond acceptors (Lipinski definition) is 2. The summed E-state index contributed by atoms with van der Waals surface area (Å²) in [4.78, 5) is 0. The Hall–Kier alpha value is 1.06. The van der Waals surface area contributed by atoms with E-state index >= 15 is 0 Å². The Balaban J connectivity index is -0.000000500. The van der Waals surface area contributed by atoms with Crippen molar-refractivity contribution in [2.45, 2.75) is 39.5 Å². The van der Waals surface area contributed by atoms with Crippen LogP contribution in [0.15, 0.2) is 0 Å². The molecule has 0 aliphatic heterocycles. The summed E-state index contributed by atoms with van der Waals surface area (Å²) >= 11 is 0. The third-order valence-electron chi connectivity index (χ3n) is 1.43. The molecule has 0 N–H and O–H groups in total. The predicted molar refractivity (Wildman–Crippen MR) is 49.4 cm³/mol. The van der Waals surface area contributed by atoms with Gasteiger partial charge in [-0.3, -0.25) is 0 Å². The van der Waals surface area contributed by atoms with Crippen molar-refractivity contribution in [3.63, 3.8) is 0 Å². The van der Waals surface area contributed by atoms with Crippen LogP contribution in [0.25, 0.3) is 0 Å². The maximum Gasteiger partial charge on any atom is 1.00 e. The molecule has 0 aliphatic rings. The zero-order chi connectivity index (χ0) is 8.53. The van der Waals surface area contributed by atoms with Crippen LogP contribution in [0.4, 0.5) is 0 Å². The van der Waals surface area contributed by atoms with E-state index in [0.29, 0.717) is 6.61 Å². The second-order valence-electron chi connectivity index (χ2n) is 2.60. The van der Waals surface area contributed by atoms with Gasteiger partial charge in [0.15, 0.2) is 6.16 Å². The first-order valence-electron chi connectivity index (χ1n) is 4.38. The Morgan fingerprint density at radius 1 is 1.25 bits per heavy atom. The third kappa shape index (κ3) is 11.1. The van der Waals surface area contributed by atoms with Crippen molar-refractivity contribution in [2.24, 2.45) is 0 Å². The van der Waals surface area contributed by atoms with Crippen LogP contribution in [-0.2, 0) is 9.09 Å². The van der Waals surface area contributed by atoms with Crippen LogP contribution in [0.1, 0.15) is 41.0 Å². The fraction of sp³-hybridized carbons (Fsp3) is 1.00. The molecule has 12 heavy (non-hydrogen) atoms. The molecular formula is C8H19NaO2P+. The topological polar surface area (TPSA) is 26.3 Å². The van der Waals surface area contributed by atoms with E-state index in [4.69, 9.17) is 4.52 Å². The molecule has 0 fully saturated rings. The molecule has 0 bridgehead atoms. The van der Waals surface area contributed by atoms with Crippen LogP contribution >= 0.6 is 8.03 Å². The summed E-state index contributed by atoms with van der Waals surface area (Å²) in [7, 11) is -1.35. The van der Waals surface area contributed by atoms with Gasteiger partial charge in [-0.15, -0.1) is 4.52 Å². The molecule has 0 heterocycles. The molecule has 0 amide bonds. The minimum Gasteiger partial charge on any atom is -1.00 e. The Kier molecular flexibility index (Phi) is 15.6. The van der Waals surface area contributed by atoms with Crippen LogP contribution in [0.3, 0.4) is 0 Å². The van der Waals surface area contributed by atoms with Crippen molar-refractivity contribution < 1.29 is 40.1 Å². The number of unbranched alkanes of at least 4 members (excludes halogenated alkanes) is 2. The van der Waals surface area contributed by atoms with E-state index in [-0.39, 0.29) is 31.0 Å². The summed E-state index contributed by atoms with van der Waals surface area (Å²) in [6.07, 6.45) is 4.97. The molecule has 0 aromatic rings. The molecule has 0 saturated carbocycles. The molecule has 0 aliphatic carbocycles. The molecular weight excluding hydrogens is 182 g/mol. The van der Waals surface area contributed by atoms with Gasteiger partial charge in [0.25, 0.3) is 0 Å².